The molecule has 34 heavy (non-hydrogen) atoms. The van der Waals surface area contributed by atoms with Gasteiger partial charge in [0.2, 0.25) is 27.6 Å². The molecule has 1 saturated carbocycles. The Bertz CT molecular complexity index is 1320. The number of rotatable bonds is 6. The summed E-state index contributed by atoms with van der Waals surface area (Å²) in [5.74, 6) is 0.0310. The van der Waals surface area contributed by atoms with Gasteiger partial charge in [-0.15, -0.1) is 11.3 Å². The van der Waals surface area contributed by atoms with Gasteiger partial charge in [0.25, 0.3) is 0 Å². The molecular formula is C23H25FN4O4S2. The maximum Gasteiger partial charge on any atom is 0.244 e. The average Bonchev–Trinajstić information content (AvgIpc) is 3.40. The van der Waals surface area contributed by atoms with Gasteiger partial charge in [-0.2, -0.15) is 9.29 Å². The number of amides is 1. The van der Waals surface area contributed by atoms with E-state index in [0.717, 1.165) is 19.3 Å². The summed E-state index contributed by atoms with van der Waals surface area (Å²) in [7, 11) is -3.81. The lowest BCUT2D eigenvalue weighted by molar-refractivity contribution is -0.120. The number of carbonyl (C=O) groups excluding carboxylic acids is 1. The monoisotopic (exact) mass is 504 g/mol. The Morgan fingerprint density at radius 1 is 1.24 bits per heavy atom. The molecule has 2 aromatic heterocycles. The maximum atomic E-state index is 13.5. The first-order chi connectivity index (χ1) is 16.3. The largest absolute Gasteiger partial charge is 0.339 e. The van der Waals surface area contributed by atoms with E-state index in [1.165, 1.54) is 33.8 Å². The second-order valence-electron chi connectivity index (χ2n) is 8.82. The van der Waals surface area contributed by atoms with Gasteiger partial charge >= 0.3 is 0 Å². The number of nitrogens with zero attached hydrogens (tertiary/aromatic N) is 3. The fourth-order valence-electron chi connectivity index (χ4n) is 4.31. The van der Waals surface area contributed by atoms with Gasteiger partial charge in [0.1, 0.15) is 5.82 Å². The first-order valence-electron chi connectivity index (χ1n) is 11.3. The predicted octanol–water partition coefficient (Wildman–Crippen LogP) is 4.55. The molecule has 3 aromatic rings. The van der Waals surface area contributed by atoms with Crippen molar-refractivity contribution >= 4 is 33.0 Å². The van der Waals surface area contributed by atoms with Crippen LogP contribution in [-0.4, -0.2) is 41.9 Å². The summed E-state index contributed by atoms with van der Waals surface area (Å²) in [5.41, 5.74) is 0.352. The molecule has 0 spiro atoms. The molecule has 1 aliphatic carbocycles. The van der Waals surface area contributed by atoms with Crippen molar-refractivity contribution in [3.05, 3.63) is 46.9 Å². The van der Waals surface area contributed by atoms with Crippen LogP contribution >= 0.6 is 11.3 Å². The van der Waals surface area contributed by atoms with Crippen molar-refractivity contribution in [1.82, 2.24) is 14.4 Å². The molecule has 1 aromatic carbocycles. The van der Waals surface area contributed by atoms with Crippen molar-refractivity contribution in [2.75, 3.05) is 18.4 Å². The van der Waals surface area contributed by atoms with E-state index in [4.69, 9.17) is 4.52 Å². The molecule has 2 fully saturated rings. The van der Waals surface area contributed by atoms with Crippen molar-refractivity contribution in [3.8, 4) is 10.7 Å². The van der Waals surface area contributed by atoms with Crippen molar-refractivity contribution in [1.29, 1.82) is 0 Å². The van der Waals surface area contributed by atoms with E-state index in [0.29, 0.717) is 52.5 Å². The van der Waals surface area contributed by atoms with Crippen LogP contribution in [0.5, 0.6) is 0 Å². The molecule has 5 rings (SSSR count). The fourth-order valence-corrected chi connectivity index (χ4v) is 7.32. The number of halogens is 1. The van der Waals surface area contributed by atoms with E-state index in [-0.39, 0.29) is 17.3 Å². The highest BCUT2D eigenvalue weighted by Gasteiger charge is 2.35. The Hall–Kier alpha value is -2.63. The number of anilines is 1. The van der Waals surface area contributed by atoms with Crippen LogP contribution in [0.2, 0.25) is 0 Å². The number of aryl methyl sites for hydroxylation is 1. The van der Waals surface area contributed by atoms with Gasteiger partial charge in [0.05, 0.1) is 15.7 Å². The Balaban J connectivity index is 1.32. The Morgan fingerprint density at radius 2 is 2.06 bits per heavy atom. The molecule has 0 unspecified atom stereocenters. The molecule has 1 atom stereocenters. The standard InChI is InChI=1S/C23H25FN4O4S2/c1-14-20(12-19(33-14)21-26-23(32-27-21)15-5-2-6-15)34(30,31)28-10-4-7-16(13-28)22(29)25-18-9-3-8-17(24)11-18/h3,8-9,11-12,15-16H,2,4-7,10,13H2,1H3,(H,25,29)/t16-/m1/s1. The second kappa shape index (κ2) is 9.20. The molecule has 11 heteroatoms. The van der Waals surface area contributed by atoms with Gasteiger partial charge in [0, 0.05) is 29.6 Å². The highest BCUT2D eigenvalue weighted by molar-refractivity contribution is 7.89. The minimum Gasteiger partial charge on any atom is -0.339 e. The number of benzene rings is 1. The first-order valence-corrected chi connectivity index (χ1v) is 13.6. The van der Waals surface area contributed by atoms with E-state index in [9.17, 15) is 17.6 Å². The van der Waals surface area contributed by atoms with Crippen molar-refractivity contribution < 1.29 is 22.1 Å². The molecular weight excluding hydrogens is 479 g/mol. The lowest BCUT2D eigenvalue weighted by atomic mass is 9.85. The molecule has 8 nitrogen and oxygen atoms in total. The predicted molar refractivity (Wildman–Crippen MR) is 125 cm³/mol. The van der Waals surface area contributed by atoms with Gasteiger partial charge in [-0.3, -0.25) is 4.79 Å². The number of thiophene rings is 1. The number of nitrogens with one attached hydrogen (secondary N) is 1. The number of carbonyl (C=O) groups is 1. The molecule has 1 saturated heterocycles. The molecule has 1 amide bonds. The van der Waals surface area contributed by atoms with Crippen molar-refractivity contribution in [2.45, 2.75) is 49.8 Å². The van der Waals surface area contributed by atoms with Crippen molar-refractivity contribution in [2.24, 2.45) is 5.92 Å². The van der Waals surface area contributed by atoms with Gasteiger partial charge in [-0.1, -0.05) is 17.6 Å². The van der Waals surface area contributed by atoms with Crippen LogP contribution < -0.4 is 5.32 Å². The molecule has 0 bridgehead atoms. The normalized spacial score (nSPS) is 19.6. The number of sulfonamides is 1. The lowest BCUT2D eigenvalue weighted by Gasteiger charge is -2.31. The molecule has 180 valence electrons. The summed E-state index contributed by atoms with van der Waals surface area (Å²) < 4.78 is 47.1. The SMILES string of the molecule is Cc1sc(-c2noc(C3CCC3)n2)cc1S(=O)(=O)N1CCC[C@@H](C(=O)Nc2cccc(F)c2)C1. The second-order valence-corrected chi connectivity index (χ2v) is 12.0. The minimum absolute atomic E-state index is 0.0716. The van der Waals surface area contributed by atoms with E-state index in [1.807, 2.05) is 0 Å². The van der Waals surface area contributed by atoms with E-state index < -0.39 is 21.8 Å². The summed E-state index contributed by atoms with van der Waals surface area (Å²) >= 11 is 1.31. The summed E-state index contributed by atoms with van der Waals surface area (Å²) in [4.78, 5) is 18.7. The summed E-state index contributed by atoms with van der Waals surface area (Å²) in [5, 5.41) is 6.75. The Morgan fingerprint density at radius 3 is 2.79 bits per heavy atom. The van der Waals surface area contributed by atoms with Crippen LogP contribution in [0.3, 0.4) is 0 Å². The number of piperidine rings is 1. The maximum absolute atomic E-state index is 13.5. The zero-order valence-electron chi connectivity index (χ0n) is 18.7. The summed E-state index contributed by atoms with van der Waals surface area (Å²) in [6, 6.07) is 7.24. The van der Waals surface area contributed by atoms with E-state index >= 15 is 0 Å². The molecule has 0 radical (unpaired) electrons. The smallest absolute Gasteiger partial charge is 0.244 e. The van der Waals surface area contributed by atoms with E-state index in [1.54, 1.807) is 19.1 Å². The number of aromatic nitrogens is 2. The Kier molecular flexibility index (Phi) is 6.26. The average molecular weight is 505 g/mol. The van der Waals surface area contributed by atoms with Gasteiger partial charge in [0.15, 0.2) is 0 Å². The third kappa shape index (κ3) is 4.51. The Labute approximate surface area is 201 Å². The number of hydrogen-bond donors (Lipinski definition) is 1. The van der Waals surface area contributed by atoms with Crippen LogP contribution in [-0.2, 0) is 14.8 Å². The topological polar surface area (TPSA) is 105 Å². The van der Waals surface area contributed by atoms with Gasteiger partial charge in [-0.25, -0.2) is 12.8 Å². The van der Waals surface area contributed by atoms with Crippen molar-refractivity contribution in [3.63, 3.8) is 0 Å². The van der Waals surface area contributed by atoms with Gasteiger partial charge in [-0.05, 0) is 56.9 Å². The van der Waals surface area contributed by atoms with Crippen LogP contribution in [0, 0.1) is 18.7 Å². The first kappa shape index (κ1) is 23.1. The fraction of sp³-hybridized carbons (Fsp3) is 0.435. The van der Waals surface area contributed by atoms with Crippen LogP contribution in [0.1, 0.15) is 48.8 Å². The third-order valence-corrected chi connectivity index (χ3v) is 9.62. The molecule has 1 aliphatic heterocycles. The highest BCUT2D eigenvalue weighted by Crippen LogP contribution is 2.38. The van der Waals surface area contributed by atoms with E-state index in [2.05, 4.69) is 15.5 Å². The minimum atomic E-state index is -3.81. The van der Waals surface area contributed by atoms with Crippen LogP contribution in [0.25, 0.3) is 10.7 Å². The van der Waals surface area contributed by atoms with Crippen LogP contribution in [0.4, 0.5) is 10.1 Å². The third-order valence-electron chi connectivity index (χ3n) is 6.45. The lowest BCUT2D eigenvalue weighted by Crippen LogP contribution is -2.43. The highest BCUT2D eigenvalue weighted by atomic mass is 32.2. The molecule has 1 N–H and O–H groups in total. The zero-order valence-corrected chi connectivity index (χ0v) is 20.3. The number of hydrogen-bond acceptors (Lipinski definition) is 7. The van der Waals surface area contributed by atoms with Gasteiger partial charge < -0.3 is 9.84 Å². The summed E-state index contributed by atoms with van der Waals surface area (Å²) in [6.45, 7) is 2.17. The molecule has 3 heterocycles. The van der Waals surface area contributed by atoms with Crippen LogP contribution in [0.15, 0.2) is 39.8 Å². The zero-order chi connectivity index (χ0) is 23.9. The molecule has 2 aliphatic rings. The quantitative estimate of drug-likeness (QED) is 0.528. The summed E-state index contributed by atoms with van der Waals surface area (Å²) in [6.07, 6.45) is 4.35.